The Labute approximate surface area is 118 Å². The quantitative estimate of drug-likeness (QED) is 0.793. The van der Waals surface area contributed by atoms with Crippen LogP contribution in [0.4, 0.5) is 0 Å². The molecule has 5 nitrogen and oxygen atoms in total. The lowest BCUT2D eigenvalue weighted by Crippen LogP contribution is -2.31. The van der Waals surface area contributed by atoms with Gasteiger partial charge in [0.2, 0.25) is 10.0 Å². The maximum atomic E-state index is 12.2. The van der Waals surface area contributed by atoms with Crippen LogP contribution in [0.3, 0.4) is 0 Å². The second-order valence-electron chi connectivity index (χ2n) is 4.82. The van der Waals surface area contributed by atoms with Crippen LogP contribution < -0.4 is 4.72 Å². The number of aromatic nitrogens is 1. The molecule has 108 valence electrons. The van der Waals surface area contributed by atoms with E-state index in [9.17, 15) is 13.5 Å². The van der Waals surface area contributed by atoms with Gasteiger partial charge < -0.3 is 9.67 Å². The zero-order chi connectivity index (χ0) is 14.1. The molecule has 2 rings (SSSR count). The summed E-state index contributed by atoms with van der Waals surface area (Å²) in [6.45, 7) is 2.87. The van der Waals surface area contributed by atoms with Gasteiger partial charge in [-0.1, -0.05) is 0 Å². The molecule has 1 saturated carbocycles. The Morgan fingerprint density at radius 1 is 1.53 bits per heavy atom. The monoisotopic (exact) mass is 304 g/mol. The van der Waals surface area contributed by atoms with E-state index in [1.165, 1.54) is 6.07 Å². The molecule has 1 heterocycles. The summed E-state index contributed by atoms with van der Waals surface area (Å²) in [4.78, 5) is 0.232. The molecule has 0 unspecified atom stereocenters. The van der Waals surface area contributed by atoms with Crippen molar-refractivity contribution in [2.75, 3.05) is 12.8 Å². The van der Waals surface area contributed by atoms with Crippen molar-refractivity contribution >= 4 is 21.8 Å². The van der Waals surface area contributed by atoms with Gasteiger partial charge in [-0.2, -0.15) is 11.8 Å². The third-order valence-electron chi connectivity index (χ3n) is 3.60. The molecule has 0 radical (unpaired) electrons. The van der Waals surface area contributed by atoms with Gasteiger partial charge in [0, 0.05) is 29.7 Å². The summed E-state index contributed by atoms with van der Waals surface area (Å²) in [5, 5.41) is 9.20. The van der Waals surface area contributed by atoms with E-state index in [1.54, 1.807) is 22.5 Å². The van der Waals surface area contributed by atoms with Crippen LogP contribution in [0.1, 0.15) is 25.5 Å². The lowest BCUT2D eigenvalue weighted by molar-refractivity contribution is 0.271. The first-order valence-electron chi connectivity index (χ1n) is 6.31. The number of nitrogens with one attached hydrogen (secondary N) is 1. The highest BCUT2D eigenvalue weighted by Crippen LogP contribution is 2.46. The molecule has 0 bridgehead atoms. The fourth-order valence-electron chi connectivity index (χ4n) is 2.00. The highest BCUT2D eigenvalue weighted by atomic mass is 32.2. The van der Waals surface area contributed by atoms with Crippen molar-refractivity contribution in [2.24, 2.45) is 0 Å². The molecule has 0 saturated heterocycles. The predicted octanol–water partition coefficient (Wildman–Crippen LogP) is 1.17. The molecule has 0 aliphatic heterocycles. The Morgan fingerprint density at radius 2 is 2.21 bits per heavy atom. The molecular weight excluding hydrogens is 284 g/mol. The number of sulfonamides is 1. The maximum Gasteiger partial charge on any atom is 0.242 e. The number of hydrogen-bond donors (Lipinski definition) is 2. The van der Waals surface area contributed by atoms with Gasteiger partial charge in [0.15, 0.2) is 0 Å². The second-order valence-corrected chi connectivity index (χ2v) is 7.86. The molecule has 1 fully saturated rings. The summed E-state index contributed by atoms with van der Waals surface area (Å²) in [5.74, 6) is 0. The van der Waals surface area contributed by atoms with Crippen LogP contribution in [0.2, 0.25) is 0 Å². The number of aliphatic hydroxyl groups is 1. The largest absolute Gasteiger partial charge is 0.390 e. The van der Waals surface area contributed by atoms with Gasteiger partial charge in [-0.3, -0.25) is 0 Å². The fraction of sp³-hybridized carbons (Fsp3) is 0.667. The SMILES string of the molecule is CCn1cc(S(=O)(=O)NCC2(SC)CC2)cc1CO. The van der Waals surface area contributed by atoms with Crippen LogP contribution in [0.5, 0.6) is 0 Å². The highest BCUT2D eigenvalue weighted by Gasteiger charge is 2.42. The Morgan fingerprint density at radius 3 is 2.63 bits per heavy atom. The van der Waals surface area contributed by atoms with Crippen molar-refractivity contribution in [1.29, 1.82) is 0 Å². The third-order valence-corrected chi connectivity index (χ3v) is 6.39. The summed E-state index contributed by atoms with van der Waals surface area (Å²) in [6, 6.07) is 1.53. The normalized spacial score (nSPS) is 17.6. The summed E-state index contributed by atoms with van der Waals surface area (Å²) < 4.78 is 28.9. The third kappa shape index (κ3) is 3.16. The minimum atomic E-state index is -3.48. The highest BCUT2D eigenvalue weighted by molar-refractivity contribution is 8.00. The molecule has 1 aliphatic rings. The Balaban J connectivity index is 2.13. The number of aliphatic hydroxyl groups excluding tert-OH is 1. The van der Waals surface area contributed by atoms with E-state index in [-0.39, 0.29) is 16.2 Å². The second kappa shape index (κ2) is 5.47. The maximum absolute atomic E-state index is 12.2. The lowest BCUT2D eigenvalue weighted by Gasteiger charge is -2.12. The topological polar surface area (TPSA) is 71.3 Å². The average molecular weight is 304 g/mol. The standard InChI is InChI=1S/C12H20N2O3S2/c1-3-14-7-11(6-10(14)8-15)19(16,17)13-9-12(18-2)4-5-12/h6-7,13,15H,3-5,8-9H2,1-2H3. The molecule has 0 atom stereocenters. The van der Waals surface area contributed by atoms with E-state index in [2.05, 4.69) is 4.72 Å². The van der Waals surface area contributed by atoms with Crippen LogP contribution in [-0.4, -0.2) is 35.6 Å². The molecule has 1 aromatic rings. The first kappa shape index (κ1) is 14.9. The fourth-order valence-corrected chi connectivity index (χ4v) is 4.01. The van der Waals surface area contributed by atoms with Gasteiger partial charge in [0.1, 0.15) is 0 Å². The lowest BCUT2D eigenvalue weighted by atomic mass is 10.4. The van der Waals surface area contributed by atoms with Gasteiger partial charge in [-0.25, -0.2) is 13.1 Å². The average Bonchev–Trinajstić information content (AvgIpc) is 3.06. The zero-order valence-corrected chi connectivity index (χ0v) is 12.9. The molecule has 1 aliphatic carbocycles. The first-order valence-corrected chi connectivity index (χ1v) is 9.02. The summed E-state index contributed by atoms with van der Waals surface area (Å²) in [5.41, 5.74) is 0.619. The van der Waals surface area contributed by atoms with Crippen LogP contribution in [-0.2, 0) is 23.2 Å². The summed E-state index contributed by atoms with van der Waals surface area (Å²) in [7, 11) is -3.48. The number of thioether (sulfide) groups is 1. The smallest absolute Gasteiger partial charge is 0.242 e. The van der Waals surface area contributed by atoms with Crippen LogP contribution in [0.25, 0.3) is 0 Å². The van der Waals surface area contributed by atoms with Crippen LogP contribution in [0, 0.1) is 0 Å². The van der Waals surface area contributed by atoms with Gasteiger partial charge in [0.25, 0.3) is 0 Å². The molecule has 19 heavy (non-hydrogen) atoms. The predicted molar refractivity (Wildman–Crippen MR) is 76.7 cm³/mol. The number of hydrogen-bond acceptors (Lipinski definition) is 4. The first-order chi connectivity index (χ1) is 8.96. The van der Waals surface area contributed by atoms with Crippen molar-refractivity contribution in [3.8, 4) is 0 Å². The zero-order valence-electron chi connectivity index (χ0n) is 11.2. The molecule has 0 spiro atoms. The van der Waals surface area contributed by atoms with Crippen molar-refractivity contribution in [2.45, 2.75) is 42.6 Å². The van der Waals surface area contributed by atoms with E-state index in [0.717, 1.165) is 12.8 Å². The molecule has 7 heteroatoms. The number of rotatable bonds is 7. The van der Waals surface area contributed by atoms with Crippen molar-refractivity contribution < 1.29 is 13.5 Å². The van der Waals surface area contributed by atoms with Crippen molar-refractivity contribution in [3.05, 3.63) is 18.0 Å². The van der Waals surface area contributed by atoms with E-state index in [1.807, 2.05) is 13.2 Å². The minimum Gasteiger partial charge on any atom is -0.390 e. The molecule has 1 aromatic heterocycles. The van der Waals surface area contributed by atoms with Crippen molar-refractivity contribution in [1.82, 2.24) is 9.29 Å². The van der Waals surface area contributed by atoms with Crippen LogP contribution >= 0.6 is 11.8 Å². The van der Waals surface area contributed by atoms with E-state index >= 15 is 0 Å². The molecule has 0 aromatic carbocycles. The summed E-state index contributed by atoms with van der Waals surface area (Å²) in [6.07, 6.45) is 5.72. The number of aryl methyl sites for hydroxylation is 1. The molecule has 2 N–H and O–H groups in total. The van der Waals surface area contributed by atoms with E-state index in [4.69, 9.17) is 0 Å². The Kier molecular flexibility index (Phi) is 4.29. The van der Waals surface area contributed by atoms with E-state index in [0.29, 0.717) is 18.8 Å². The van der Waals surface area contributed by atoms with Gasteiger partial charge in [-0.15, -0.1) is 0 Å². The Bertz CT molecular complexity index is 526. The minimum absolute atomic E-state index is 0.0974. The summed E-state index contributed by atoms with van der Waals surface area (Å²) >= 11 is 1.72. The Hall–Kier alpha value is -0.500. The van der Waals surface area contributed by atoms with E-state index < -0.39 is 10.0 Å². The molecule has 0 amide bonds. The number of nitrogens with zero attached hydrogens (tertiary/aromatic N) is 1. The van der Waals surface area contributed by atoms with Gasteiger partial charge in [0.05, 0.1) is 11.5 Å². The molecular formula is C12H20N2O3S2. The van der Waals surface area contributed by atoms with Gasteiger partial charge in [-0.05, 0) is 32.1 Å². The van der Waals surface area contributed by atoms with Crippen LogP contribution in [0.15, 0.2) is 17.2 Å². The van der Waals surface area contributed by atoms with Crippen molar-refractivity contribution in [3.63, 3.8) is 0 Å². The van der Waals surface area contributed by atoms with Gasteiger partial charge >= 0.3 is 0 Å².